The average molecular weight is 269 g/mol. The lowest BCUT2D eigenvalue weighted by molar-refractivity contribution is -0.149. The smallest absolute Gasteiger partial charge is 0.332 e. The summed E-state index contributed by atoms with van der Waals surface area (Å²) < 4.78 is 10.2. The number of rotatable bonds is 7. The summed E-state index contributed by atoms with van der Waals surface area (Å²) in [6.45, 7) is -0.592. The maximum Gasteiger partial charge on any atom is 0.332 e. The van der Waals surface area contributed by atoms with Crippen LogP contribution in [0.1, 0.15) is 5.56 Å². The standard InChI is InChI=1S/C12H15NO6/c1-17-9-4-3-8(10(6-9)18-2)5-11(14)13-19-7-12(15)16/h3-4,6H,5,7H2,1-2H3,(H,13,14)(H,15,16). The van der Waals surface area contributed by atoms with E-state index in [9.17, 15) is 9.59 Å². The van der Waals surface area contributed by atoms with E-state index in [4.69, 9.17) is 14.6 Å². The zero-order chi connectivity index (χ0) is 14.3. The van der Waals surface area contributed by atoms with Crippen molar-refractivity contribution < 1.29 is 29.0 Å². The van der Waals surface area contributed by atoms with Crippen molar-refractivity contribution in [2.45, 2.75) is 6.42 Å². The number of carbonyl (C=O) groups excluding carboxylic acids is 1. The molecular weight excluding hydrogens is 254 g/mol. The third-order valence-electron chi connectivity index (χ3n) is 2.23. The predicted molar refractivity (Wildman–Crippen MR) is 65.0 cm³/mol. The lowest BCUT2D eigenvalue weighted by Gasteiger charge is -2.10. The van der Waals surface area contributed by atoms with Gasteiger partial charge in [-0.2, -0.15) is 0 Å². The van der Waals surface area contributed by atoms with Gasteiger partial charge in [-0.05, 0) is 6.07 Å². The molecule has 0 saturated heterocycles. The Morgan fingerprint density at radius 1 is 1.26 bits per heavy atom. The predicted octanol–water partition coefficient (Wildman–Crippen LogP) is 0.379. The van der Waals surface area contributed by atoms with Gasteiger partial charge in [0, 0.05) is 11.6 Å². The Kier molecular flexibility index (Phi) is 5.62. The SMILES string of the molecule is COc1ccc(CC(=O)NOCC(=O)O)c(OC)c1. The van der Waals surface area contributed by atoms with E-state index < -0.39 is 18.5 Å². The van der Waals surface area contributed by atoms with Crippen LogP contribution in [0.15, 0.2) is 18.2 Å². The first-order valence-electron chi connectivity index (χ1n) is 5.40. The third kappa shape index (κ3) is 4.84. The number of amides is 1. The minimum atomic E-state index is -1.16. The van der Waals surface area contributed by atoms with Gasteiger partial charge < -0.3 is 14.6 Å². The number of hydrogen-bond donors (Lipinski definition) is 2. The van der Waals surface area contributed by atoms with Crippen LogP contribution in [-0.4, -0.2) is 37.8 Å². The highest BCUT2D eigenvalue weighted by Gasteiger charge is 2.10. The highest BCUT2D eigenvalue weighted by atomic mass is 16.7. The van der Waals surface area contributed by atoms with Gasteiger partial charge in [0.1, 0.15) is 11.5 Å². The fourth-order valence-electron chi connectivity index (χ4n) is 1.39. The van der Waals surface area contributed by atoms with Gasteiger partial charge in [0.2, 0.25) is 5.91 Å². The minimum absolute atomic E-state index is 0.00673. The number of hydroxylamine groups is 1. The second kappa shape index (κ2) is 7.22. The number of carbonyl (C=O) groups is 2. The fourth-order valence-corrected chi connectivity index (χ4v) is 1.39. The summed E-state index contributed by atoms with van der Waals surface area (Å²) in [6, 6.07) is 5.04. The summed E-state index contributed by atoms with van der Waals surface area (Å²) in [5, 5.41) is 8.35. The number of carboxylic acid groups (broad SMARTS) is 1. The first-order valence-corrected chi connectivity index (χ1v) is 5.40. The maximum absolute atomic E-state index is 11.5. The number of hydrogen-bond acceptors (Lipinski definition) is 5. The molecule has 1 rings (SSSR count). The molecule has 0 aliphatic carbocycles. The van der Waals surface area contributed by atoms with Gasteiger partial charge in [-0.1, -0.05) is 6.07 Å². The van der Waals surface area contributed by atoms with Crippen LogP contribution in [0, 0.1) is 0 Å². The molecule has 19 heavy (non-hydrogen) atoms. The molecule has 7 heteroatoms. The molecule has 1 aromatic rings. The summed E-state index contributed by atoms with van der Waals surface area (Å²) in [5.74, 6) is -0.511. The number of nitrogens with one attached hydrogen (secondary N) is 1. The van der Waals surface area contributed by atoms with Crippen molar-refractivity contribution in [3.63, 3.8) is 0 Å². The van der Waals surface area contributed by atoms with Crippen LogP contribution in [0.4, 0.5) is 0 Å². The number of benzene rings is 1. The molecular formula is C12H15NO6. The molecule has 0 atom stereocenters. The highest BCUT2D eigenvalue weighted by molar-refractivity contribution is 5.78. The normalized spacial score (nSPS) is 9.79. The largest absolute Gasteiger partial charge is 0.497 e. The van der Waals surface area contributed by atoms with Gasteiger partial charge in [0.15, 0.2) is 6.61 Å². The Morgan fingerprint density at radius 3 is 2.58 bits per heavy atom. The Balaban J connectivity index is 2.60. The van der Waals surface area contributed by atoms with Crippen molar-refractivity contribution >= 4 is 11.9 Å². The molecule has 0 aliphatic heterocycles. The fraction of sp³-hybridized carbons (Fsp3) is 0.333. The molecule has 1 aromatic carbocycles. The van der Waals surface area contributed by atoms with E-state index in [-0.39, 0.29) is 6.42 Å². The Hall–Kier alpha value is -2.28. The summed E-state index contributed by atoms with van der Waals surface area (Å²) in [6.07, 6.45) is 0.00673. The molecule has 0 unspecified atom stereocenters. The van der Waals surface area contributed by atoms with Gasteiger partial charge in [-0.3, -0.25) is 9.63 Å². The quantitative estimate of drug-likeness (QED) is 0.695. The van der Waals surface area contributed by atoms with Gasteiger partial charge in [0.05, 0.1) is 20.6 Å². The Bertz CT molecular complexity index is 460. The summed E-state index contributed by atoms with van der Waals surface area (Å²) in [7, 11) is 3.01. The zero-order valence-electron chi connectivity index (χ0n) is 10.6. The van der Waals surface area contributed by atoms with E-state index in [1.165, 1.54) is 14.2 Å². The van der Waals surface area contributed by atoms with Crippen LogP contribution in [0.25, 0.3) is 0 Å². The molecule has 0 saturated carbocycles. The summed E-state index contributed by atoms with van der Waals surface area (Å²) in [4.78, 5) is 26.2. The molecule has 0 spiro atoms. The molecule has 0 fully saturated rings. The first-order chi connectivity index (χ1) is 9.06. The highest BCUT2D eigenvalue weighted by Crippen LogP contribution is 2.24. The van der Waals surface area contributed by atoms with Crippen molar-refractivity contribution in [1.29, 1.82) is 0 Å². The Morgan fingerprint density at radius 2 is 2.00 bits per heavy atom. The van der Waals surface area contributed by atoms with Gasteiger partial charge in [-0.15, -0.1) is 0 Å². The molecule has 0 radical (unpaired) electrons. The van der Waals surface area contributed by atoms with Crippen LogP contribution >= 0.6 is 0 Å². The van der Waals surface area contributed by atoms with Crippen LogP contribution in [0.3, 0.4) is 0 Å². The summed E-state index contributed by atoms with van der Waals surface area (Å²) >= 11 is 0. The molecule has 0 aliphatic rings. The summed E-state index contributed by atoms with van der Waals surface area (Å²) in [5.41, 5.74) is 2.67. The Labute approximate surface area is 110 Å². The molecule has 0 bridgehead atoms. The number of aliphatic carboxylic acids is 1. The lowest BCUT2D eigenvalue weighted by Crippen LogP contribution is -2.28. The van der Waals surface area contributed by atoms with Crippen LogP contribution in [-0.2, 0) is 20.8 Å². The van der Waals surface area contributed by atoms with E-state index in [1.807, 2.05) is 5.48 Å². The number of carboxylic acids is 1. The molecule has 1 amide bonds. The lowest BCUT2D eigenvalue weighted by atomic mass is 10.1. The van der Waals surface area contributed by atoms with Crippen molar-refractivity contribution in [3.05, 3.63) is 23.8 Å². The van der Waals surface area contributed by atoms with Gasteiger partial charge in [0.25, 0.3) is 0 Å². The van der Waals surface area contributed by atoms with E-state index in [0.29, 0.717) is 17.1 Å². The van der Waals surface area contributed by atoms with Crippen molar-refractivity contribution in [2.75, 3.05) is 20.8 Å². The first kappa shape index (κ1) is 14.8. The zero-order valence-corrected chi connectivity index (χ0v) is 10.6. The third-order valence-corrected chi connectivity index (χ3v) is 2.23. The molecule has 104 valence electrons. The topological polar surface area (TPSA) is 94.1 Å². The van der Waals surface area contributed by atoms with Crippen LogP contribution < -0.4 is 15.0 Å². The van der Waals surface area contributed by atoms with Crippen molar-refractivity contribution in [1.82, 2.24) is 5.48 Å². The second-order valence-electron chi connectivity index (χ2n) is 3.56. The van der Waals surface area contributed by atoms with Gasteiger partial charge in [-0.25, -0.2) is 10.3 Å². The van der Waals surface area contributed by atoms with Crippen LogP contribution in [0.2, 0.25) is 0 Å². The second-order valence-corrected chi connectivity index (χ2v) is 3.56. The molecule has 0 heterocycles. The van der Waals surface area contributed by atoms with Crippen molar-refractivity contribution in [2.24, 2.45) is 0 Å². The molecule has 7 nitrogen and oxygen atoms in total. The maximum atomic E-state index is 11.5. The molecule has 0 aromatic heterocycles. The number of ether oxygens (including phenoxy) is 2. The van der Waals surface area contributed by atoms with E-state index in [1.54, 1.807) is 18.2 Å². The average Bonchev–Trinajstić information content (AvgIpc) is 2.38. The minimum Gasteiger partial charge on any atom is -0.497 e. The van der Waals surface area contributed by atoms with E-state index >= 15 is 0 Å². The van der Waals surface area contributed by atoms with E-state index in [0.717, 1.165) is 0 Å². The van der Waals surface area contributed by atoms with Crippen LogP contribution in [0.5, 0.6) is 11.5 Å². The van der Waals surface area contributed by atoms with Gasteiger partial charge >= 0.3 is 5.97 Å². The van der Waals surface area contributed by atoms with Crippen molar-refractivity contribution in [3.8, 4) is 11.5 Å². The van der Waals surface area contributed by atoms with E-state index in [2.05, 4.69) is 4.84 Å². The molecule has 2 N–H and O–H groups in total. The monoisotopic (exact) mass is 269 g/mol. The number of methoxy groups -OCH3 is 2.